The zero-order valence-electron chi connectivity index (χ0n) is 6.46. The van der Waals surface area contributed by atoms with Crippen molar-refractivity contribution in [2.45, 2.75) is 19.3 Å². The largest absolute Gasteiger partial charge is 0.478 e. The normalized spacial score (nSPS) is 22.8. The first-order chi connectivity index (χ1) is 5.68. The number of hydrogen-bond acceptors (Lipinski definition) is 2. The van der Waals surface area contributed by atoms with Gasteiger partial charge in [0.1, 0.15) is 0 Å². The van der Waals surface area contributed by atoms with E-state index in [0.717, 1.165) is 12.8 Å². The van der Waals surface area contributed by atoms with Gasteiger partial charge < -0.3 is 10.4 Å². The Labute approximate surface area is 69.3 Å². The van der Waals surface area contributed by atoms with Gasteiger partial charge in [-0.05, 0) is 18.8 Å². The Hall–Kier alpha value is -1.32. The Bertz CT molecular complexity index is 289. The third-order valence-electron chi connectivity index (χ3n) is 2.18. The first-order valence-electron chi connectivity index (χ1n) is 3.94. The van der Waals surface area contributed by atoms with Gasteiger partial charge in [-0.25, -0.2) is 4.79 Å². The van der Waals surface area contributed by atoms with Crippen molar-refractivity contribution in [3.63, 3.8) is 0 Å². The molecule has 64 valence electrons. The van der Waals surface area contributed by atoms with Crippen molar-refractivity contribution in [3.8, 4) is 0 Å². The Morgan fingerprint density at radius 1 is 1.50 bits per heavy atom. The lowest BCUT2D eigenvalue weighted by atomic mass is 10.1. The predicted octanol–water partition coefficient (Wildman–Crippen LogP) is 0.255. The fourth-order valence-electron chi connectivity index (χ4n) is 1.44. The summed E-state index contributed by atoms with van der Waals surface area (Å²) < 4.78 is 0. The van der Waals surface area contributed by atoms with Crippen LogP contribution in [0.1, 0.15) is 19.3 Å². The fraction of sp³-hybridized carbons (Fsp3) is 0.500. The topological polar surface area (TPSA) is 66.4 Å². The van der Waals surface area contributed by atoms with Crippen LogP contribution in [0.4, 0.5) is 0 Å². The summed E-state index contributed by atoms with van der Waals surface area (Å²) in [5.74, 6) is -0.841. The van der Waals surface area contributed by atoms with Gasteiger partial charge in [0.05, 0.1) is 12.0 Å². The molecule has 1 amide bonds. The molecule has 1 aliphatic heterocycles. The molecule has 0 saturated heterocycles. The zero-order chi connectivity index (χ0) is 8.72. The number of amides is 1. The van der Waals surface area contributed by atoms with E-state index in [9.17, 15) is 9.59 Å². The molecule has 0 radical (unpaired) electrons. The Balaban J connectivity index is 2.27. The summed E-state index contributed by atoms with van der Waals surface area (Å²) in [5, 5.41) is 11.3. The second-order valence-electron chi connectivity index (χ2n) is 3.20. The maximum absolute atomic E-state index is 10.9. The lowest BCUT2D eigenvalue weighted by Crippen LogP contribution is -2.15. The van der Waals surface area contributed by atoms with Gasteiger partial charge in [-0.15, -0.1) is 0 Å². The quantitative estimate of drug-likeness (QED) is 0.619. The highest BCUT2D eigenvalue weighted by Crippen LogP contribution is 2.39. The van der Waals surface area contributed by atoms with Crippen molar-refractivity contribution in [2.75, 3.05) is 0 Å². The molecule has 4 nitrogen and oxygen atoms in total. The molecule has 1 heterocycles. The number of hydrogen-bond donors (Lipinski definition) is 2. The molecule has 0 spiro atoms. The van der Waals surface area contributed by atoms with Gasteiger partial charge in [-0.3, -0.25) is 4.79 Å². The summed E-state index contributed by atoms with van der Waals surface area (Å²) in [5.41, 5.74) is 0.926. The molecule has 0 aromatic rings. The fourth-order valence-corrected chi connectivity index (χ4v) is 1.44. The van der Waals surface area contributed by atoms with Gasteiger partial charge in [0.15, 0.2) is 0 Å². The number of rotatable bonds is 2. The molecule has 4 heteroatoms. The van der Waals surface area contributed by atoms with Crippen LogP contribution in [-0.4, -0.2) is 17.0 Å². The van der Waals surface area contributed by atoms with Crippen LogP contribution in [0.3, 0.4) is 0 Å². The van der Waals surface area contributed by atoms with Gasteiger partial charge >= 0.3 is 5.97 Å². The SMILES string of the molecule is O=C1CC(C(=O)O)=C(C2CC2)N1. The van der Waals surface area contributed by atoms with E-state index in [-0.39, 0.29) is 17.9 Å². The maximum atomic E-state index is 10.9. The second kappa shape index (κ2) is 2.33. The Kier molecular flexibility index (Phi) is 1.43. The first-order valence-corrected chi connectivity index (χ1v) is 3.94. The van der Waals surface area contributed by atoms with Crippen molar-refractivity contribution in [1.29, 1.82) is 0 Å². The third-order valence-corrected chi connectivity index (χ3v) is 2.18. The molecule has 2 N–H and O–H groups in total. The van der Waals surface area contributed by atoms with E-state index in [0.29, 0.717) is 11.6 Å². The highest BCUT2D eigenvalue weighted by atomic mass is 16.4. The zero-order valence-corrected chi connectivity index (χ0v) is 6.46. The molecular formula is C8H9NO3. The van der Waals surface area contributed by atoms with E-state index >= 15 is 0 Å². The summed E-state index contributed by atoms with van der Waals surface area (Å²) in [6.45, 7) is 0. The molecular weight excluding hydrogens is 158 g/mol. The summed E-state index contributed by atoms with van der Waals surface area (Å²) in [6, 6.07) is 0. The molecule has 1 fully saturated rings. The number of aliphatic carboxylic acids is 1. The minimum absolute atomic E-state index is 0.0428. The standard InChI is InChI=1S/C8H9NO3/c10-6-3-5(8(11)12)7(9-6)4-1-2-4/h4H,1-3H2,(H,9,10)(H,11,12). The molecule has 0 unspecified atom stereocenters. The van der Waals surface area contributed by atoms with Gasteiger partial charge in [0.2, 0.25) is 5.91 Å². The van der Waals surface area contributed by atoms with E-state index < -0.39 is 5.97 Å². The lowest BCUT2D eigenvalue weighted by molar-refractivity contribution is -0.133. The molecule has 1 saturated carbocycles. The van der Waals surface area contributed by atoms with Gasteiger partial charge in [-0.2, -0.15) is 0 Å². The highest BCUT2D eigenvalue weighted by Gasteiger charge is 2.36. The van der Waals surface area contributed by atoms with Crippen LogP contribution < -0.4 is 5.32 Å². The van der Waals surface area contributed by atoms with Crippen molar-refractivity contribution in [1.82, 2.24) is 5.32 Å². The van der Waals surface area contributed by atoms with Crippen LogP contribution in [0.5, 0.6) is 0 Å². The number of carbonyl (C=O) groups is 2. The van der Waals surface area contributed by atoms with Crippen LogP contribution in [0.2, 0.25) is 0 Å². The number of allylic oxidation sites excluding steroid dienone is 1. The van der Waals surface area contributed by atoms with Gasteiger partial charge in [-0.1, -0.05) is 0 Å². The van der Waals surface area contributed by atoms with Crippen LogP contribution in [-0.2, 0) is 9.59 Å². The average molecular weight is 167 g/mol. The molecule has 0 aromatic heterocycles. The summed E-state index contributed by atoms with van der Waals surface area (Å²) in [6.07, 6.45) is 2.06. The molecule has 0 atom stereocenters. The van der Waals surface area contributed by atoms with E-state index in [1.807, 2.05) is 0 Å². The van der Waals surface area contributed by atoms with Crippen LogP contribution in [0.25, 0.3) is 0 Å². The van der Waals surface area contributed by atoms with E-state index in [4.69, 9.17) is 5.11 Å². The first kappa shape index (κ1) is 7.34. The predicted molar refractivity (Wildman–Crippen MR) is 40.1 cm³/mol. The van der Waals surface area contributed by atoms with Crippen LogP contribution in [0.15, 0.2) is 11.3 Å². The van der Waals surface area contributed by atoms with Gasteiger partial charge in [0.25, 0.3) is 0 Å². The maximum Gasteiger partial charge on any atom is 0.333 e. The minimum atomic E-state index is -0.963. The van der Waals surface area contributed by atoms with Crippen molar-refractivity contribution < 1.29 is 14.7 Å². The summed E-state index contributed by atoms with van der Waals surface area (Å²) >= 11 is 0. The van der Waals surface area contributed by atoms with Gasteiger partial charge in [0, 0.05) is 5.70 Å². The number of carbonyl (C=O) groups excluding carboxylic acids is 1. The summed E-state index contributed by atoms with van der Waals surface area (Å²) in [4.78, 5) is 21.5. The van der Waals surface area contributed by atoms with Crippen molar-refractivity contribution in [3.05, 3.63) is 11.3 Å². The Morgan fingerprint density at radius 3 is 2.67 bits per heavy atom. The average Bonchev–Trinajstić information content (AvgIpc) is 2.75. The highest BCUT2D eigenvalue weighted by molar-refractivity contribution is 5.99. The lowest BCUT2D eigenvalue weighted by Gasteiger charge is -1.99. The number of nitrogens with one attached hydrogen (secondary N) is 1. The smallest absolute Gasteiger partial charge is 0.333 e. The third kappa shape index (κ3) is 1.09. The molecule has 2 rings (SSSR count). The summed E-state index contributed by atoms with van der Waals surface area (Å²) in [7, 11) is 0. The molecule has 0 aromatic carbocycles. The van der Waals surface area contributed by atoms with E-state index in [1.165, 1.54) is 0 Å². The second-order valence-corrected chi connectivity index (χ2v) is 3.20. The number of carboxylic acid groups (broad SMARTS) is 1. The van der Waals surface area contributed by atoms with Crippen LogP contribution >= 0.6 is 0 Å². The van der Waals surface area contributed by atoms with E-state index in [1.54, 1.807) is 0 Å². The number of carboxylic acids is 1. The molecule has 1 aliphatic carbocycles. The molecule has 2 aliphatic rings. The monoisotopic (exact) mass is 167 g/mol. The van der Waals surface area contributed by atoms with Crippen molar-refractivity contribution >= 4 is 11.9 Å². The van der Waals surface area contributed by atoms with Crippen molar-refractivity contribution in [2.24, 2.45) is 5.92 Å². The Morgan fingerprint density at radius 2 is 2.17 bits per heavy atom. The minimum Gasteiger partial charge on any atom is -0.478 e. The molecule has 0 bridgehead atoms. The van der Waals surface area contributed by atoms with E-state index in [2.05, 4.69) is 5.32 Å². The molecule has 12 heavy (non-hydrogen) atoms. The van der Waals surface area contributed by atoms with Crippen LogP contribution in [0, 0.1) is 5.92 Å².